The average Bonchev–Trinajstić information content (AvgIpc) is 3.37. The van der Waals surface area contributed by atoms with Crippen LogP contribution in [-0.2, 0) is 12.1 Å². The lowest BCUT2D eigenvalue weighted by molar-refractivity contribution is -0.384. The predicted octanol–water partition coefficient (Wildman–Crippen LogP) is 6.18. The van der Waals surface area contributed by atoms with Crippen molar-refractivity contribution >= 4 is 17.3 Å². The van der Waals surface area contributed by atoms with Gasteiger partial charge in [-0.15, -0.1) is 0 Å². The first-order valence-electron chi connectivity index (χ1n) is 11.8. The Bertz CT molecular complexity index is 1420. The zero-order chi connectivity index (χ0) is 27.3. The Morgan fingerprint density at radius 2 is 1.61 bits per heavy atom. The highest BCUT2D eigenvalue weighted by molar-refractivity contribution is 6.03. The fourth-order valence-electron chi connectivity index (χ4n) is 3.54. The summed E-state index contributed by atoms with van der Waals surface area (Å²) in [4.78, 5) is 23.7. The highest BCUT2D eigenvalue weighted by atomic mass is 16.6. The van der Waals surface area contributed by atoms with Gasteiger partial charge in [0.2, 0.25) is 0 Å². The number of benzene rings is 3. The second-order valence-electron chi connectivity index (χ2n) is 9.49. The van der Waals surface area contributed by atoms with Gasteiger partial charge in [0, 0.05) is 18.3 Å². The van der Waals surface area contributed by atoms with Gasteiger partial charge in [0.15, 0.2) is 12.4 Å². The van der Waals surface area contributed by atoms with Gasteiger partial charge in [-0.3, -0.25) is 14.9 Å². The minimum Gasteiger partial charge on any atom is -0.497 e. The lowest BCUT2D eigenvalue weighted by Crippen LogP contribution is -2.14. The topological polar surface area (TPSA) is 118 Å². The molecule has 0 saturated carbocycles. The number of nitrogens with one attached hydrogen (secondary N) is 1. The van der Waals surface area contributed by atoms with Crippen molar-refractivity contribution in [3.8, 4) is 23.0 Å². The normalized spacial score (nSPS) is 11.1. The minimum absolute atomic E-state index is 0.0462. The van der Waals surface area contributed by atoms with Crippen molar-refractivity contribution in [2.75, 3.05) is 12.4 Å². The fourth-order valence-corrected chi connectivity index (χ4v) is 3.54. The smallest absolute Gasteiger partial charge is 0.276 e. The van der Waals surface area contributed by atoms with E-state index in [0.717, 1.165) is 0 Å². The predicted molar refractivity (Wildman–Crippen MR) is 142 cm³/mol. The molecule has 0 fully saturated rings. The van der Waals surface area contributed by atoms with E-state index in [1.807, 2.05) is 24.3 Å². The van der Waals surface area contributed by atoms with Crippen LogP contribution < -0.4 is 19.5 Å². The Morgan fingerprint density at radius 1 is 0.947 bits per heavy atom. The molecule has 0 saturated heterocycles. The first-order valence-corrected chi connectivity index (χ1v) is 11.8. The van der Waals surface area contributed by atoms with Gasteiger partial charge in [0.1, 0.15) is 23.0 Å². The fraction of sp³-hybridized carbons (Fsp3) is 0.214. The second kappa shape index (κ2) is 11.0. The molecule has 1 heterocycles. The van der Waals surface area contributed by atoms with E-state index in [1.165, 1.54) is 34.5 Å². The number of aromatic nitrogens is 2. The molecule has 1 amide bonds. The molecule has 196 valence electrons. The molecule has 38 heavy (non-hydrogen) atoms. The Balaban J connectivity index is 1.42. The molecule has 10 nitrogen and oxygen atoms in total. The number of carbonyl (C=O) groups is 1. The number of methoxy groups -OCH3 is 1. The summed E-state index contributed by atoms with van der Waals surface area (Å²) in [6, 6.07) is 20.1. The number of anilines is 1. The molecular weight excluding hydrogens is 488 g/mol. The molecule has 0 aliphatic rings. The Hall–Kier alpha value is -4.86. The van der Waals surface area contributed by atoms with Crippen LogP contribution in [-0.4, -0.2) is 27.7 Å². The van der Waals surface area contributed by atoms with Gasteiger partial charge in [0.05, 0.1) is 23.8 Å². The standard InChI is InChI=1S/C28H28N4O6/c1-28(2,3)19-5-7-23(8-6-19)37-18-31-14-13-26(30-31)27(33)29-20-15-21(32(34)35)17-25(16-20)38-24-11-9-22(36-4)10-12-24/h5-17H,18H2,1-4H3,(H,29,33). The van der Waals surface area contributed by atoms with E-state index in [4.69, 9.17) is 14.2 Å². The summed E-state index contributed by atoms with van der Waals surface area (Å²) in [6.45, 7) is 6.53. The minimum atomic E-state index is -0.559. The Morgan fingerprint density at radius 3 is 2.24 bits per heavy atom. The maximum absolute atomic E-state index is 12.8. The number of nitro benzene ring substituents is 1. The summed E-state index contributed by atoms with van der Waals surface area (Å²) in [7, 11) is 1.55. The summed E-state index contributed by atoms with van der Waals surface area (Å²) in [5.74, 6) is 1.44. The average molecular weight is 517 g/mol. The highest BCUT2D eigenvalue weighted by Gasteiger charge is 2.16. The van der Waals surface area contributed by atoms with Crippen molar-refractivity contribution in [1.82, 2.24) is 9.78 Å². The van der Waals surface area contributed by atoms with Crippen LogP contribution in [0, 0.1) is 10.1 Å². The molecule has 4 rings (SSSR count). The van der Waals surface area contributed by atoms with Crippen molar-refractivity contribution in [3.05, 3.63) is 100 Å². The van der Waals surface area contributed by atoms with Crippen LogP contribution in [0.25, 0.3) is 0 Å². The second-order valence-corrected chi connectivity index (χ2v) is 9.49. The van der Waals surface area contributed by atoms with Crippen LogP contribution >= 0.6 is 0 Å². The maximum Gasteiger partial charge on any atom is 0.276 e. The molecule has 3 aromatic carbocycles. The molecule has 1 N–H and O–H groups in total. The monoisotopic (exact) mass is 516 g/mol. The molecular formula is C28H28N4O6. The lowest BCUT2D eigenvalue weighted by atomic mass is 9.87. The molecule has 0 aliphatic heterocycles. The Labute approximate surface area is 219 Å². The van der Waals surface area contributed by atoms with Crippen molar-refractivity contribution in [2.45, 2.75) is 32.9 Å². The van der Waals surface area contributed by atoms with Crippen LogP contribution in [0.3, 0.4) is 0 Å². The van der Waals surface area contributed by atoms with Crippen molar-refractivity contribution in [3.63, 3.8) is 0 Å². The lowest BCUT2D eigenvalue weighted by Gasteiger charge is -2.19. The van der Waals surface area contributed by atoms with Crippen LogP contribution in [0.4, 0.5) is 11.4 Å². The van der Waals surface area contributed by atoms with Gasteiger partial charge in [0.25, 0.3) is 11.6 Å². The van der Waals surface area contributed by atoms with E-state index in [-0.39, 0.29) is 35.0 Å². The van der Waals surface area contributed by atoms with Crippen molar-refractivity contribution < 1.29 is 23.9 Å². The van der Waals surface area contributed by atoms with Gasteiger partial charge in [-0.1, -0.05) is 32.9 Å². The quantitative estimate of drug-likeness (QED) is 0.208. The largest absolute Gasteiger partial charge is 0.497 e. The van der Waals surface area contributed by atoms with Crippen molar-refractivity contribution in [1.29, 1.82) is 0 Å². The molecule has 0 atom stereocenters. The highest BCUT2D eigenvalue weighted by Crippen LogP contribution is 2.31. The van der Waals surface area contributed by atoms with Crippen LogP contribution in [0.2, 0.25) is 0 Å². The van der Waals surface area contributed by atoms with E-state index >= 15 is 0 Å². The first-order chi connectivity index (χ1) is 18.1. The van der Waals surface area contributed by atoms with Crippen LogP contribution in [0.5, 0.6) is 23.0 Å². The summed E-state index contributed by atoms with van der Waals surface area (Å²) < 4.78 is 18.1. The van der Waals surface area contributed by atoms with Gasteiger partial charge in [-0.2, -0.15) is 5.10 Å². The molecule has 4 aromatic rings. The summed E-state index contributed by atoms with van der Waals surface area (Å²) in [6.07, 6.45) is 1.62. The number of amides is 1. The van der Waals surface area contributed by atoms with Gasteiger partial charge in [-0.25, -0.2) is 4.68 Å². The van der Waals surface area contributed by atoms with E-state index < -0.39 is 10.8 Å². The molecule has 0 aliphatic carbocycles. The van der Waals surface area contributed by atoms with Gasteiger partial charge >= 0.3 is 0 Å². The van der Waals surface area contributed by atoms with E-state index in [2.05, 4.69) is 31.2 Å². The maximum atomic E-state index is 12.8. The number of nitrogens with zero attached hydrogens (tertiary/aromatic N) is 3. The zero-order valence-electron chi connectivity index (χ0n) is 21.5. The number of hydrogen-bond donors (Lipinski definition) is 1. The third kappa shape index (κ3) is 6.67. The van der Waals surface area contributed by atoms with E-state index in [0.29, 0.717) is 17.2 Å². The van der Waals surface area contributed by atoms with E-state index in [9.17, 15) is 14.9 Å². The SMILES string of the molecule is COc1ccc(Oc2cc(NC(=O)c3ccn(COc4ccc(C(C)(C)C)cc4)n3)cc([N+](=O)[O-])c2)cc1. The molecule has 0 unspecified atom stereocenters. The summed E-state index contributed by atoms with van der Waals surface area (Å²) in [5, 5.41) is 18.3. The number of ether oxygens (including phenoxy) is 3. The molecule has 0 spiro atoms. The molecule has 0 bridgehead atoms. The molecule has 1 aromatic heterocycles. The van der Waals surface area contributed by atoms with Crippen LogP contribution in [0.15, 0.2) is 79.0 Å². The number of non-ortho nitro benzene ring substituents is 1. The number of hydrogen-bond acceptors (Lipinski definition) is 7. The molecule has 10 heteroatoms. The third-order valence-electron chi connectivity index (χ3n) is 5.61. The number of carbonyl (C=O) groups excluding carboxylic acids is 1. The van der Waals surface area contributed by atoms with Gasteiger partial charge < -0.3 is 19.5 Å². The number of rotatable bonds is 9. The molecule has 0 radical (unpaired) electrons. The summed E-state index contributed by atoms with van der Waals surface area (Å²) in [5.41, 5.74) is 1.33. The van der Waals surface area contributed by atoms with Crippen molar-refractivity contribution in [2.24, 2.45) is 0 Å². The zero-order valence-corrected chi connectivity index (χ0v) is 21.5. The third-order valence-corrected chi connectivity index (χ3v) is 5.61. The summed E-state index contributed by atoms with van der Waals surface area (Å²) >= 11 is 0. The first kappa shape index (κ1) is 26.2. The van der Waals surface area contributed by atoms with Gasteiger partial charge in [-0.05, 0) is 53.4 Å². The van der Waals surface area contributed by atoms with Crippen LogP contribution in [0.1, 0.15) is 36.8 Å². The number of nitro groups is 1. The van der Waals surface area contributed by atoms with E-state index in [1.54, 1.807) is 37.6 Å². The Kier molecular flexibility index (Phi) is 7.61.